The Bertz CT molecular complexity index is 989. The van der Waals surface area contributed by atoms with Gasteiger partial charge in [0.2, 0.25) is 0 Å². The number of rotatable bonds is 4. The van der Waals surface area contributed by atoms with Gasteiger partial charge in [-0.1, -0.05) is 18.2 Å². The van der Waals surface area contributed by atoms with Crippen molar-refractivity contribution in [3.05, 3.63) is 66.6 Å². The summed E-state index contributed by atoms with van der Waals surface area (Å²) in [6.07, 6.45) is 5.78. The topological polar surface area (TPSA) is 66.2 Å². The van der Waals surface area contributed by atoms with Crippen LogP contribution in [0, 0.1) is 11.8 Å². The van der Waals surface area contributed by atoms with Crippen molar-refractivity contribution in [1.29, 1.82) is 0 Å². The molecule has 6 nitrogen and oxygen atoms in total. The quantitative estimate of drug-likeness (QED) is 0.718. The predicted octanol–water partition coefficient (Wildman–Crippen LogP) is 2.51. The summed E-state index contributed by atoms with van der Waals surface area (Å²) >= 11 is 0. The van der Waals surface area contributed by atoms with Crippen LogP contribution in [-0.4, -0.2) is 57.1 Å². The van der Waals surface area contributed by atoms with Crippen LogP contribution >= 0.6 is 0 Å². The van der Waals surface area contributed by atoms with Gasteiger partial charge >= 0.3 is 0 Å². The molecule has 3 aromatic rings. The van der Waals surface area contributed by atoms with Gasteiger partial charge in [0.05, 0.1) is 18.0 Å². The van der Waals surface area contributed by atoms with E-state index in [1.807, 2.05) is 47.4 Å². The fourth-order valence-corrected chi connectivity index (χ4v) is 5.15. The second-order valence-corrected chi connectivity index (χ2v) is 8.64. The average molecular weight is 390 g/mol. The lowest BCUT2D eigenvalue weighted by Crippen LogP contribution is -2.47. The Hall–Kier alpha value is -2.54. The van der Waals surface area contributed by atoms with Crippen molar-refractivity contribution in [3.8, 4) is 16.9 Å². The van der Waals surface area contributed by atoms with E-state index >= 15 is 0 Å². The molecule has 0 bridgehead atoms. The fraction of sp³-hybridized carbons (Fsp3) is 0.391. The molecule has 1 aromatic carbocycles. The number of para-hydroxylation sites is 1. The van der Waals surface area contributed by atoms with Crippen molar-refractivity contribution in [1.82, 2.24) is 25.0 Å². The van der Waals surface area contributed by atoms with Crippen LogP contribution in [0.1, 0.15) is 18.5 Å². The van der Waals surface area contributed by atoms with Gasteiger partial charge in [-0.2, -0.15) is 5.10 Å². The zero-order valence-electron chi connectivity index (χ0n) is 16.9. The molecule has 4 heterocycles. The maximum absolute atomic E-state index is 10.2. The molecule has 29 heavy (non-hydrogen) atoms. The second kappa shape index (κ2) is 7.06. The molecule has 0 radical (unpaired) electrons. The standard InChI is InChI=1S/C23H27N5O/c1-23(15-29)20-14-27(2)12-18(20)22(25-23)19-13-28(17-6-4-3-5-7-17)26-21(19)16-8-10-24-11-9-16/h3-11,13,18,20,22,25,29H,12,14-15H2,1-2H3/t18-,20+,22+,23+/m1/s1. The minimum Gasteiger partial charge on any atom is -0.394 e. The molecule has 2 aliphatic heterocycles. The number of likely N-dealkylation sites (tertiary alicyclic amines) is 1. The van der Waals surface area contributed by atoms with Crippen LogP contribution < -0.4 is 5.32 Å². The van der Waals surface area contributed by atoms with Crippen LogP contribution in [0.4, 0.5) is 0 Å². The van der Waals surface area contributed by atoms with Crippen LogP contribution in [0.3, 0.4) is 0 Å². The van der Waals surface area contributed by atoms with E-state index in [9.17, 15) is 5.11 Å². The molecule has 2 saturated heterocycles. The third-order valence-corrected chi connectivity index (χ3v) is 6.66. The van der Waals surface area contributed by atoms with Gasteiger partial charge in [0.1, 0.15) is 0 Å². The van der Waals surface area contributed by atoms with Crippen molar-refractivity contribution in [2.45, 2.75) is 18.5 Å². The van der Waals surface area contributed by atoms with E-state index in [1.165, 1.54) is 5.56 Å². The summed E-state index contributed by atoms with van der Waals surface area (Å²) in [7, 11) is 2.17. The number of fused-ring (bicyclic) bond motifs is 1. The van der Waals surface area contributed by atoms with Gasteiger partial charge in [-0.05, 0) is 50.1 Å². The second-order valence-electron chi connectivity index (χ2n) is 8.64. The number of nitrogens with zero attached hydrogens (tertiary/aromatic N) is 4. The van der Waals surface area contributed by atoms with Gasteiger partial charge in [0.25, 0.3) is 0 Å². The third kappa shape index (κ3) is 3.08. The zero-order valence-corrected chi connectivity index (χ0v) is 16.9. The molecule has 0 aliphatic carbocycles. The maximum Gasteiger partial charge on any atom is 0.0976 e. The smallest absolute Gasteiger partial charge is 0.0976 e. The summed E-state index contributed by atoms with van der Waals surface area (Å²) < 4.78 is 1.97. The van der Waals surface area contributed by atoms with Crippen molar-refractivity contribution < 1.29 is 5.11 Å². The lowest BCUT2D eigenvalue weighted by Gasteiger charge is -2.29. The lowest BCUT2D eigenvalue weighted by molar-refractivity contribution is 0.145. The zero-order chi connectivity index (χ0) is 20.0. The van der Waals surface area contributed by atoms with Gasteiger partial charge in [0.15, 0.2) is 0 Å². The number of benzene rings is 1. The maximum atomic E-state index is 10.2. The Morgan fingerprint density at radius 3 is 2.62 bits per heavy atom. The molecule has 150 valence electrons. The highest BCUT2D eigenvalue weighted by Gasteiger charge is 2.54. The Kier molecular flexibility index (Phi) is 4.50. The average Bonchev–Trinajstić information content (AvgIpc) is 3.43. The Balaban J connectivity index is 1.63. The number of aliphatic hydroxyl groups is 1. The minimum absolute atomic E-state index is 0.135. The fourth-order valence-electron chi connectivity index (χ4n) is 5.15. The monoisotopic (exact) mass is 389 g/mol. The number of aliphatic hydroxyl groups excluding tert-OH is 1. The highest BCUT2D eigenvalue weighted by molar-refractivity contribution is 5.64. The van der Waals surface area contributed by atoms with Crippen molar-refractivity contribution in [3.63, 3.8) is 0 Å². The summed E-state index contributed by atoms with van der Waals surface area (Å²) in [5.74, 6) is 0.846. The number of nitrogens with one attached hydrogen (secondary N) is 1. The van der Waals surface area contributed by atoms with Crippen LogP contribution in [0.15, 0.2) is 61.1 Å². The first-order valence-electron chi connectivity index (χ1n) is 10.2. The summed E-state index contributed by atoms with van der Waals surface area (Å²) in [4.78, 5) is 6.55. The Morgan fingerprint density at radius 1 is 1.14 bits per heavy atom. The number of hydrogen-bond acceptors (Lipinski definition) is 5. The van der Waals surface area contributed by atoms with E-state index in [4.69, 9.17) is 5.10 Å². The summed E-state index contributed by atoms with van der Waals surface area (Å²) in [6.45, 7) is 4.31. The minimum atomic E-state index is -0.287. The largest absolute Gasteiger partial charge is 0.394 e. The van der Waals surface area contributed by atoms with Crippen LogP contribution in [0.25, 0.3) is 16.9 Å². The molecule has 6 heteroatoms. The van der Waals surface area contributed by atoms with E-state index < -0.39 is 0 Å². The number of hydrogen-bond donors (Lipinski definition) is 2. The third-order valence-electron chi connectivity index (χ3n) is 6.66. The van der Waals surface area contributed by atoms with Crippen LogP contribution in [0.2, 0.25) is 0 Å². The molecule has 4 atom stereocenters. The van der Waals surface area contributed by atoms with Crippen molar-refractivity contribution >= 4 is 0 Å². The van der Waals surface area contributed by atoms with Gasteiger partial charge in [0, 0.05) is 54.4 Å². The molecule has 2 aliphatic rings. The molecule has 0 spiro atoms. The van der Waals surface area contributed by atoms with Crippen molar-refractivity contribution in [2.75, 3.05) is 26.7 Å². The molecule has 2 fully saturated rings. The molecule has 5 rings (SSSR count). The summed E-state index contributed by atoms with van der Waals surface area (Å²) in [5.41, 5.74) is 3.97. The van der Waals surface area contributed by atoms with E-state index in [0.29, 0.717) is 11.8 Å². The van der Waals surface area contributed by atoms with Crippen molar-refractivity contribution in [2.24, 2.45) is 11.8 Å². The molecule has 2 aromatic heterocycles. The Morgan fingerprint density at radius 2 is 1.90 bits per heavy atom. The predicted molar refractivity (Wildman–Crippen MR) is 113 cm³/mol. The van der Waals surface area contributed by atoms with E-state index in [0.717, 1.165) is 30.0 Å². The van der Waals surface area contributed by atoms with E-state index in [-0.39, 0.29) is 18.2 Å². The van der Waals surface area contributed by atoms with Gasteiger partial charge in [-0.25, -0.2) is 4.68 Å². The summed E-state index contributed by atoms with van der Waals surface area (Å²) in [6, 6.07) is 14.4. The van der Waals surface area contributed by atoms with Gasteiger partial charge < -0.3 is 15.3 Å². The SMILES string of the molecule is CN1C[C@H]2[C@@H](c3cn(-c4ccccc4)nc3-c3ccncc3)N[C@@](C)(CO)[C@H]2C1. The molecule has 0 saturated carbocycles. The molecular weight excluding hydrogens is 362 g/mol. The lowest BCUT2D eigenvalue weighted by atomic mass is 9.81. The van der Waals surface area contributed by atoms with E-state index in [2.05, 4.69) is 47.5 Å². The van der Waals surface area contributed by atoms with Gasteiger partial charge in [-0.15, -0.1) is 0 Å². The molecule has 0 amide bonds. The number of aromatic nitrogens is 3. The Labute approximate surface area is 171 Å². The summed E-state index contributed by atoms with van der Waals surface area (Å²) in [5, 5.41) is 18.9. The van der Waals surface area contributed by atoms with Crippen LogP contribution in [0.5, 0.6) is 0 Å². The first-order valence-corrected chi connectivity index (χ1v) is 10.2. The van der Waals surface area contributed by atoms with Gasteiger partial charge in [-0.3, -0.25) is 4.98 Å². The first kappa shape index (κ1) is 18.5. The van der Waals surface area contributed by atoms with E-state index in [1.54, 1.807) is 0 Å². The molecular formula is C23H27N5O. The highest BCUT2D eigenvalue weighted by atomic mass is 16.3. The molecule has 0 unspecified atom stereocenters. The number of pyridine rings is 1. The van der Waals surface area contributed by atoms with Crippen LogP contribution in [-0.2, 0) is 0 Å². The highest BCUT2D eigenvalue weighted by Crippen LogP contribution is 2.48. The normalized spacial score (nSPS) is 29.3. The molecule has 2 N–H and O–H groups in total. The first-order chi connectivity index (χ1) is 14.1.